The number of likely N-dealkylation sites (N-methyl/N-ethyl adjacent to an activating group) is 1. The Bertz CT molecular complexity index is 532. The predicted octanol–water partition coefficient (Wildman–Crippen LogP) is 1.86. The van der Waals surface area contributed by atoms with E-state index in [4.69, 9.17) is 5.73 Å². The molecular formula is C15H22N4. The maximum atomic E-state index is 5.97. The Labute approximate surface area is 114 Å². The topological polar surface area (TPSA) is 47.1 Å². The highest BCUT2D eigenvalue weighted by molar-refractivity contribution is 5.29. The largest absolute Gasteiger partial charge is 0.337 e. The summed E-state index contributed by atoms with van der Waals surface area (Å²) in [5.41, 5.74) is 8.55. The van der Waals surface area contributed by atoms with Gasteiger partial charge in [0.05, 0.1) is 6.54 Å². The van der Waals surface area contributed by atoms with Gasteiger partial charge in [-0.25, -0.2) is 4.98 Å². The van der Waals surface area contributed by atoms with Crippen molar-refractivity contribution in [3.05, 3.63) is 53.6 Å². The van der Waals surface area contributed by atoms with Crippen LogP contribution >= 0.6 is 0 Å². The molecule has 102 valence electrons. The van der Waals surface area contributed by atoms with Crippen molar-refractivity contribution in [3.8, 4) is 0 Å². The summed E-state index contributed by atoms with van der Waals surface area (Å²) >= 11 is 0. The molecule has 0 aliphatic carbocycles. The van der Waals surface area contributed by atoms with Gasteiger partial charge in [0.25, 0.3) is 0 Å². The van der Waals surface area contributed by atoms with E-state index < -0.39 is 0 Å². The fraction of sp³-hybridized carbons (Fsp3) is 0.400. The van der Waals surface area contributed by atoms with Crippen LogP contribution in [0.3, 0.4) is 0 Å². The average Bonchev–Trinajstić information content (AvgIpc) is 2.78. The second-order valence-electron chi connectivity index (χ2n) is 4.98. The summed E-state index contributed by atoms with van der Waals surface area (Å²) in [5, 5.41) is 0. The summed E-state index contributed by atoms with van der Waals surface area (Å²) < 4.78 is 2.04. The van der Waals surface area contributed by atoms with E-state index >= 15 is 0 Å². The Balaban J connectivity index is 2.18. The lowest BCUT2D eigenvalue weighted by atomic mass is 10.0. The molecule has 0 radical (unpaired) electrons. The third kappa shape index (κ3) is 3.03. The van der Waals surface area contributed by atoms with Crippen molar-refractivity contribution in [2.24, 2.45) is 12.8 Å². The molecule has 1 unspecified atom stereocenters. The summed E-state index contributed by atoms with van der Waals surface area (Å²) in [5.74, 6) is 1.05. The van der Waals surface area contributed by atoms with Gasteiger partial charge in [-0.1, -0.05) is 24.3 Å². The lowest BCUT2D eigenvalue weighted by Crippen LogP contribution is -2.31. The normalized spacial score (nSPS) is 12.9. The van der Waals surface area contributed by atoms with Gasteiger partial charge in [0.2, 0.25) is 0 Å². The van der Waals surface area contributed by atoms with Crippen LogP contribution in [0.25, 0.3) is 0 Å². The summed E-state index contributed by atoms with van der Waals surface area (Å²) in [4.78, 5) is 6.62. The van der Waals surface area contributed by atoms with E-state index in [1.807, 2.05) is 24.0 Å². The quantitative estimate of drug-likeness (QED) is 0.890. The van der Waals surface area contributed by atoms with Crippen molar-refractivity contribution in [3.63, 3.8) is 0 Å². The predicted molar refractivity (Wildman–Crippen MR) is 77.6 cm³/mol. The van der Waals surface area contributed by atoms with E-state index in [1.165, 1.54) is 11.1 Å². The minimum absolute atomic E-state index is 0.220. The molecule has 0 saturated heterocycles. The average molecular weight is 258 g/mol. The Morgan fingerprint density at radius 1 is 1.37 bits per heavy atom. The first-order valence-electron chi connectivity index (χ1n) is 6.55. The van der Waals surface area contributed by atoms with Gasteiger partial charge in [-0.05, 0) is 25.1 Å². The zero-order valence-corrected chi connectivity index (χ0v) is 11.9. The molecule has 2 rings (SSSR count). The highest BCUT2D eigenvalue weighted by Gasteiger charge is 2.18. The first kappa shape index (κ1) is 13.8. The first-order chi connectivity index (χ1) is 9.13. The lowest BCUT2D eigenvalue weighted by molar-refractivity contribution is 0.233. The van der Waals surface area contributed by atoms with Gasteiger partial charge in [0, 0.05) is 32.0 Å². The van der Waals surface area contributed by atoms with Crippen molar-refractivity contribution in [2.45, 2.75) is 19.5 Å². The number of aromatic nitrogens is 2. The highest BCUT2D eigenvalue weighted by Crippen LogP contribution is 2.22. The monoisotopic (exact) mass is 258 g/mol. The Kier molecular flexibility index (Phi) is 4.35. The molecule has 19 heavy (non-hydrogen) atoms. The summed E-state index contributed by atoms with van der Waals surface area (Å²) in [6, 6.07) is 8.64. The van der Waals surface area contributed by atoms with Crippen LogP contribution in [-0.4, -0.2) is 28.0 Å². The molecule has 0 fully saturated rings. The SMILES string of the molecule is Cc1ccccc1C(CN)N(C)Cc1nccn1C. The van der Waals surface area contributed by atoms with Crippen LogP contribution < -0.4 is 5.73 Å². The number of hydrogen-bond acceptors (Lipinski definition) is 3. The number of nitrogens with zero attached hydrogens (tertiary/aromatic N) is 3. The Morgan fingerprint density at radius 3 is 2.68 bits per heavy atom. The Hall–Kier alpha value is -1.65. The van der Waals surface area contributed by atoms with Gasteiger partial charge in [-0.15, -0.1) is 0 Å². The number of aryl methyl sites for hydroxylation is 2. The maximum Gasteiger partial charge on any atom is 0.122 e. The third-order valence-electron chi connectivity index (χ3n) is 3.61. The van der Waals surface area contributed by atoms with E-state index in [2.05, 4.69) is 48.1 Å². The minimum atomic E-state index is 0.220. The molecule has 0 bridgehead atoms. The molecule has 4 heteroatoms. The van der Waals surface area contributed by atoms with E-state index in [-0.39, 0.29) is 6.04 Å². The van der Waals surface area contributed by atoms with Gasteiger partial charge in [0.15, 0.2) is 0 Å². The number of benzene rings is 1. The number of rotatable bonds is 5. The summed E-state index contributed by atoms with van der Waals surface area (Å²) in [6.07, 6.45) is 3.79. The molecule has 0 aliphatic rings. The Morgan fingerprint density at radius 2 is 2.11 bits per heavy atom. The van der Waals surface area contributed by atoms with Crippen molar-refractivity contribution >= 4 is 0 Å². The van der Waals surface area contributed by atoms with Crippen LogP contribution in [0.4, 0.5) is 0 Å². The van der Waals surface area contributed by atoms with Crippen molar-refractivity contribution in [1.82, 2.24) is 14.5 Å². The first-order valence-corrected chi connectivity index (χ1v) is 6.55. The van der Waals surface area contributed by atoms with Gasteiger partial charge in [0.1, 0.15) is 5.82 Å². The number of imidazole rings is 1. The van der Waals surface area contributed by atoms with Gasteiger partial charge in [-0.3, -0.25) is 4.90 Å². The summed E-state index contributed by atoms with van der Waals surface area (Å²) in [6.45, 7) is 3.53. The van der Waals surface area contributed by atoms with Gasteiger partial charge < -0.3 is 10.3 Å². The molecule has 4 nitrogen and oxygen atoms in total. The van der Waals surface area contributed by atoms with Crippen LogP contribution in [0.15, 0.2) is 36.7 Å². The third-order valence-corrected chi connectivity index (χ3v) is 3.61. The standard InChI is InChI=1S/C15H22N4/c1-12-6-4-5-7-13(12)14(10-16)19(3)11-15-17-8-9-18(15)2/h4-9,14H,10-11,16H2,1-3H3. The van der Waals surface area contributed by atoms with Crippen LogP contribution in [0.1, 0.15) is 23.0 Å². The highest BCUT2D eigenvalue weighted by atomic mass is 15.2. The number of hydrogen-bond donors (Lipinski definition) is 1. The van der Waals surface area contributed by atoms with Crippen LogP contribution in [-0.2, 0) is 13.6 Å². The van der Waals surface area contributed by atoms with E-state index in [0.717, 1.165) is 12.4 Å². The van der Waals surface area contributed by atoms with Crippen molar-refractivity contribution in [1.29, 1.82) is 0 Å². The fourth-order valence-corrected chi connectivity index (χ4v) is 2.39. The number of nitrogens with two attached hydrogens (primary N) is 1. The smallest absolute Gasteiger partial charge is 0.122 e. The lowest BCUT2D eigenvalue weighted by Gasteiger charge is -2.28. The molecule has 1 atom stereocenters. The zero-order valence-electron chi connectivity index (χ0n) is 11.9. The van der Waals surface area contributed by atoms with Crippen molar-refractivity contribution in [2.75, 3.05) is 13.6 Å². The van der Waals surface area contributed by atoms with Crippen LogP contribution in [0.2, 0.25) is 0 Å². The fourth-order valence-electron chi connectivity index (χ4n) is 2.39. The minimum Gasteiger partial charge on any atom is -0.337 e. The van der Waals surface area contributed by atoms with Gasteiger partial charge >= 0.3 is 0 Å². The van der Waals surface area contributed by atoms with Crippen LogP contribution in [0, 0.1) is 6.92 Å². The zero-order chi connectivity index (χ0) is 13.8. The summed E-state index contributed by atoms with van der Waals surface area (Å²) in [7, 11) is 4.11. The van der Waals surface area contributed by atoms with Gasteiger partial charge in [-0.2, -0.15) is 0 Å². The molecule has 2 aromatic rings. The molecule has 0 saturated carbocycles. The molecule has 1 heterocycles. The molecule has 0 spiro atoms. The van der Waals surface area contributed by atoms with E-state index in [1.54, 1.807) is 0 Å². The molecule has 1 aromatic carbocycles. The van der Waals surface area contributed by atoms with E-state index in [0.29, 0.717) is 6.54 Å². The molecule has 2 N–H and O–H groups in total. The second kappa shape index (κ2) is 5.99. The maximum absolute atomic E-state index is 5.97. The molecule has 0 aliphatic heterocycles. The van der Waals surface area contributed by atoms with E-state index in [9.17, 15) is 0 Å². The molecule has 1 aromatic heterocycles. The molecular weight excluding hydrogens is 236 g/mol. The van der Waals surface area contributed by atoms with Crippen LogP contribution in [0.5, 0.6) is 0 Å². The van der Waals surface area contributed by atoms with Crippen molar-refractivity contribution < 1.29 is 0 Å². The molecule has 0 amide bonds. The second-order valence-corrected chi connectivity index (χ2v) is 4.98.